The predicted octanol–water partition coefficient (Wildman–Crippen LogP) is 5.60. The van der Waals surface area contributed by atoms with E-state index in [1.54, 1.807) is 11.8 Å². The van der Waals surface area contributed by atoms with Gasteiger partial charge in [0.25, 0.3) is 0 Å². The van der Waals surface area contributed by atoms with E-state index in [1.807, 2.05) is 35.9 Å². The summed E-state index contributed by atoms with van der Waals surface area (Å²) in [5.74, 6) is 2.46. The van der Waals surface area contributed by atoms with Gasteiger partial charge in [-0.3, -0.25) is 0 Å². The molecule has 0 N–H and O–H groups in total. The first-order valence-electron chi connectivity index (χ1n) is 8.57. The highest BCUT2D eigenvalue weighted by Gasteiger charge is 2.11. The van der Waals surface area contributed by atoms with Crippen molar-refractivity contribution in [3.8, 4) is 5.75 Å². The van der Waals surface area contributed by atoms with Crippen LogP contribution >= 0.6 is 27.7 Å². The molecule has 0 saturated carbocycles. The summed E-state index contributed by atoms with van der Waals surface area (Å²) in [6, 6.07) is 22.6. The summed E-state index contributed by atoms with van der Waals surface area (Å²) in [6.45, 7) is 0.389. The van der Waals surface area contributed by atoms with Crippen LogP contribution in [0.15, 0.2) is 76.4 Å². The highest BCUT2D eigenvalue weighted by atomic mass is 79.9. The van der Waals surface area contributed by atoms with Crippen molar-refractivity contribution in [1.29, 1.82) is 0 Å². The fourth-order valence-electron chi connectivity index (χ4n) is 2.84. The largest absolute Gasteiger partial charge is 0.486 e. The minimum absolute atomic E-state index is 0.389. The van der Waals surface area contributed by atoms with Crippen LogP contribution < -0.4 is 4.74 Å². The molecule has 0 spiro atoms. The third kappa shape index (κ3) is 4.17. The zero-order valence-electron chi connectivity index (χ0n) is 14.8. The molecule has 6 heteroatoms. The maximum absolute atomic E-state index is 5.81. The van der Waals surface area contributed by atoms with Gasteiger partial charge in [-0.1, -0.05) is 70.2 Å². The zero-order chi connectivity index (χ0) is 18.6. The van der Waals surface area contributed by atoms with Gasteiger partial charge >= 0.3 is 0 Å². The van der Waals surface area contributed by atoms with Gasteiger partial charge in [0.15, 0.2) is 11.0 Å². The fourth-order valence-corrected chi connectivity index (χ4v) is 4.03. The second kappa shape index (κ2) is 8.15. The summed E-state index contributed by atoms with van der Waals surface area (Å²) in [6.07, 6.45) is 0. The van der Waals surface area contributed by atoms with Gasteiger partial charge in [-0.15, -0.1) is 10.2 Å². The highest BCUT2D eigenvalue weighted by Crippen LogP contribution is 2.26. The van der Waals surface area contributed by atoms with Crippen molar-refractivity contribution in [3.05, 3.63) is 82.6 Å². The molecule has 136 valence electrons. The van der Waals surface area contributed by atoms with Crippen molar-refractivity contribution in [1.82, 2.24) is 14.8 Å². The number of benzene rings is 3. The monoisotopic (exact) mass is 439 g/mol. The average molecular weight is 440 g/mol. The van der Waals surface area contributed by atoms with Crippen molar-refractivity contribution in [2.45, 2.75) is 17.5 Å². The molecule has 4 rings (SSSR count). The first-order valence-corrected chi connectivity index (χ1v) is 10.3. The van der Waals surface area contributed by atoms with Crippen LogP contribution in [0.5, 0.6) is 5.75 Å². The Morgan fingerprint density at radius 2 is 1.74 bits per heavy atom. The molecule has 0 radical (unpaired) electrons. The zero-order valence-corrected chi connectivity index (χ0v) is 17.2. The normalized spacial score (nSPS) is 11.0. The van der Waals surface area contributed by atoms with E-state index in [0.29, 0.717) is 6.61 Å². The summed E-state index contributed by atoms with van der Waals surface area (Å²) in [4.78, 5) is 0. The Labute approximate surface area is 170 Å². The van der Waals surface area contributed by atoms with E-state index in [9.17, 15) is 0 Å². The Hall–Kier alpha value is -2.31. The maximum atomic E-state index is 5.81. The van der Waals surface area contributed by atoms with E-state index in [2.05, 4.69) is 68.6 Å². The standard InChI is InChI=1S/C21H18BrN3OS/c1-25-20(13-26-18-11-9-17(22)10-12-18)23-24-21(25)27-14-16-7-4-6-15-5-2-3-8-19(15)16/h2-12H,13-14H2,1H3. The number of thioether (sulfide) groups is 1. The Kier molecular flexibility index (Phi) is 5.45. The third-order valence-corrected chi connectivity index (χ3v) is 5.94. The molecule has 0 atom stereocenters. The molecule has 0 aliphatic heterocycles. The molecular formula is C21H18BrN3OS. The number of nitrogens with zero attached hydrogens (tertiary/aromatic N) is 3. The van der Waals surface area contributed by atoms with Crippen LogP contribution in [0.25, 0.3) is 10.8 Å². The quantitative estimate of drug-likeness (QED) is 0.366. The summed E-state index contributed by atoms with van der Waals surface area (Å²) >= 11 is 5.11. The molecule has 0 aliphatic rings. The molecule has 0 fully saturated rings. The smallest absolute Gasteiger partial charge is 0.191 e. The van der Waals surface area contributed by atoms with E-state index in [1.165, 1.54) is 16.3 Å². The molecule has 1 aromatic heterocycles. The molecule has 27 heavy (non-hydrogen) atoms. The predicted molar refractivity (Wildman–Crippen MR) is 113 cm³/mol. The number of hydrogen-bond donors (Lipinski definition) is 0. The summed E-state index contributed by atoms with van der Waals surface area (Å²) in [5, 5.41) is 12.0. The van der Waals surface area contributed by atoms with Gasteiger partial charge in [-0.25, -0.2) is 0 Å². The van der Waals surface area contributed by atoms with Crippen LogP contribution in [-0.2, 0) is 19.4 Å². The van der Waals surface area contributed by atoms with Gasteiger partial charge in [0.05, 0.1) is 0 Å². The Balaban J connectivity index is 1.43. The van der Waals surface area contributed by atoms with E-state index in [4.69, 9.17) is 4.74 Å². The second-order valence-electron chi connectivity index (χ2n) is 6.13. The first kappa shape index (κ1) is 18.1. The van der Waals surface area contributed by atoms with E-state index >= 15 is 0 Å². The van der Waals surface area contributed by atoms with E-state index in [-0.39, 0.29) is 0 Å². The Morgan fingerprint density at radius 3 is 2.59 bits per heavy atom. The molecule has 0 aliphatic carbocycles. The molecule has 4 nitrogen and oxygen atoms in total. The molecule has 3 aromatic carbocycles. The fraction of sp³-hybridized carbons (Fsp3) is 0.143. The van der Waals surface area contributed by atoms with Gasteiger partial charge in [-0.2, -0.15) is 0 Å². The highest BCUT2D eigenvalue weighted by molar-refractivity contribution is 9.10. The van der Waals surface area contributed by atoms with Gasteiger partial charge in [0.1, 0.15) is 12.4 Å². The third-order valence-electron chi connectivity index (χ3n) is 4.34. The molecule has 1 heterocycles. The second-order valence-corrected chi connectivity index (χ2v) is 7.99. The summed E-state index contributed by atoms with van der Waals surface area (Å²) in [5.41, 5.74) is 1.30. The van der Waals surface area contributed by atoms with Crippen molar-refractivity contribution >= 4 is 38.5 Å². The topological polar surface area (TPSA) is 39.9 Å². The number of aromatic nitrogens is 3. The van der Waals surface area contributed by atoms with Crippen LogP contribution in [0.1, 0.15) is 11.4 Å². The Morgan fingerprint density at radius 1 is 0.963 bits per heavy atom. The van der Waals surface area contributed by atoms with Crippen molar-refractivity contribution in [3.63, 3.8) is 0 Å². The van der Waals surface area contributed by atoms with Crippen LogP contribution in [0.3, 0.4) is 0 Å². The SMILES string of the molecule is Cn1c(COc2ccc(Br)cc2)nnc1SCc1cccc2ccccc12. The number of rotatable bonds is 6. The lowest BCUT2D eigenvalue weighted by Gasteiger charge is -2.08. The van der Waals surface area contributed by atoms with Gasteiger partial charge in [-0.05, 0) is 40.6 Å². The molecular weight excluding hydrogens is 422 g/mol. The van der Waals surface area contributed by atoms with Crippen LogP contribution in [0, 0.1) is 0 Å². The molecule has 0 bridgehead atoms. The summed E-state index contributed by atoms with van der Waals surface area (Å²) < 4.78 is 8.83. The maximum Gasteiger partial charge on any atom is 0.191 e. The number of fused-ring (bicyclic) bond motifs is 1. The average Bonchev–Trinajstić information content (AvgIpc) is 3.05. The first-order chi connectivity index (χ1) is 13.2. The van der Waals surface area contributed by atoms with Crippen LogP contribution in [-0.4, -0.2) is 14.8 Å². The molecule has 0 saturated heterocycles. The number of halogens is 1. The number of hydrogen-bond acceptors (Lipinski definition) is 4. The Bertz CT molecular complexity index is 1060. The molecule has 0 unspecified atom stereocenters. The van der Waals surface area contributed by atoms with E-state index in [0.717, 1.165) is 27.0 Å². The van der Waals surface area contributed by atoms with Gasteiger partial charge in [0.2, 0.25) is 0 Å². The lowest BCUT2D eigenvalue weighted by Crippen LogP contribution is -2.04. The van der Waals surface area contributed by atoms with Gasteiger partial charge < -0.3 is 9.30 Å². The van der Waals surface area contributed by atoms with Crippen molar-refractivity contribution < 1.29 is 4.74 Å². The number of ether oxygens (including phenoxy) is 1. The lowest BCUT2D eigenvalue weighted by molar-refractivity contribution is 0.290. The van der Waals surface area contributed by atoms with E-state index < -0.39 is 0 Å². The van der Waals surface area contributed by atoms with Crippen molar-refractivity contribution in [2.24, 2.45) is 7.05 Å². The molecule has 0 amide bonds. The summed E-state index contributed by atoms with van der Waals surface area (Å²) in [7, 11) is 1.98. The van der Waals surface area contributed by atoms with Crippen molar-refractivity contribution in [2.75, 3.05) is 0 Å². The minimum atomic E-state index is 0.389. The van der Waals surface area contributed by atoms with Crippen LogP contribution in [0.4, 0.5) is 0 Å². The minimum Gasteiger partial charge on any atom is -0.486 e. The van der Waals surface area contributed by atoms with Gasteiger partial charge in [0, 0.05) is 17.3 Å². The van der Waals surface area contributed by atoms with Crippen LogP contribution in [0.2, 0.25) is 0 Å². The molecule has 4 aromatic rings. The lowest BCUT2D eigenvalue weighted by atomic mass is 10.1.